The fourth-order valence-corrected chi connectivity index (χ4v) is 3.00. The van der Waals surface area contributed by atoms with E-state index in [1.165, 1.54) is 6.08 Å². The van der Waals surface area contributed by atoms with E-state index in [0.29, 0.717) is 0 Å². The molecule has 0 spiro atoms. The number of carbonyl (C=O) groups is 1. The lowest BCUT2D eigenvalue weighted by atomic mass is 10.2. The Bertz CT molecular complexity index is 688. The number of benzene rings is 1. The second kappa shape index (κ2) is 6.66. The van der Waals surface area contributed by atoms with Crippen LogP contribution in [-0.2, 0) is 14.8 Å². The van der Waals surface area contributed by atoms with Crippen LogP contribution in [0.25, 0.3) is 0 Å². The van der Waals surface area contributed by atoms with Gasteiger partial charge in [0.2, 0.25) is 10.0 Å². The van der Waals surface area contributed by atoms with Gasteiger partial charge in [-0.15, -0.1) is 6.58 Å². The molecule has 8 nitrogen and oxygen atoms in total. The largest absolute Gasteiger partial charge is 0.480 e. The molecule has 1 rings (SSSR count). The fraction of sp³-hybridized carbons (Fsp3) is 0.182. The van der Waals surface area contributed by atoms with Crippen LogP contribution in [0.5, 0.6) is 0 Å². The van der Waals surface area contributed by atoms with E-state index in [-0.39, 0.29) is 11.4 Å². The topological polar surface area (TPSA) is 127 Å². The van der Waals surface area contributed by atoms with Crippen molar-refractivity contribution >= 4 is 33.3 Å². The molecule has 114 valence electrons. The zero-order valence-electron chi connectivity index (χ0n) is 10.5. The van der Waals surface area contributed by atoms with Gasteiger partial charge in [-0.25, -0.2) is 8.42 Å². The number of hydrogen-bond acceptors (Lipinski definition) is 5. The molecule has 0 heterocycles. The van der Waals surface area contributed by atoms with Gasteiger partial charge in [0.15, 0.2) is 4.90 Å². The Balaban J connectivity index is 3.28. The van der Waals surface area contributed by atoms with Crippen molar-refractivity contribution in [1.29, 1.82) is 0 Å². The van der Waals surface area contributed by atoms with E-state index in [1.54, 1.807) is 0 Å². The van der Waals surface area contributed by atoms with E-state index < -0.39 is 37.5 Å². The van der Waals surface area contributed by atoms with E-state index in [0.717, 1.165) is 18.2 Å². The van der Waals surface area contributed by atoms with Gasteiger partial charge in [-0.3, -0.25) is 14.9 Å². The molecule has 0 amide bonds. The van der Waals surface area contributed by atoms with Gasteiger partial charge in [0.1, 0.15) is 6.04 Å². The highest BCUT2D eigenvalue weighted by Crippen LogP contribution is 2.27. The fourth-order valence-electron chi connectivity index (χ4n) is 1.48. The van der Waals surface area contributed by atoms with Gasteiger partial charge in [0, 0.05) is 11.1 Å². The number of nitro groups is 1. The highest BCUT2D eigenvalue weighted by molar-refractivity contribution is 7.89. The van der Waals surface area contributed by atoms with Crippen LogP contribution in [-0.4, -0.2) is 30.5 Å². The molecule has 0 radical (unpaired) electrons. The van der Waals surface area contributed by atoms with Crippen LogP contribution < -0.4 is 4.72 Å². The first-order valence-electron chi connectivity index (χ1n) is 5.49. The van der Waals surface area contributed by atoms with Gasteiger partial charge in [0.05, 0.1) is 4.92 Å². The number of sulfonamides is 1. The first kappa shape index (κ1) is 17.1. The molecular weight excluding hydrogens is 324 g/mol. The van der Waals surface area contributed by atoms with Gasteiger partial charge in [0.25, 0.3) is 5.69 Å². The van der Waals surface area contributed by atoms with Crippen LogP contribution in [0.15, 0.2) is 35.7 Å². The van der Waals surface area contributed by atoms with Crippen molar-refractivity contribution in [2.75, 3.05) is 0 Å². The Morgan fingerprint density at radius 3 is 2.67 bits per heavy atom. The number of carboxylic acid groups (broad SMARTS) is 1. The van der Waals surface area contributed by atoms with Crippen LogP contribution in [0.1, 0.15) is 6.42 Å². The molecule has 10 heteroatoms. The number of nitrogens with one attached hydrogen (secondary N) is 1. The number of rotatable bonds is 7. The molecule has 0 saturated heterocycles. The van der Waals surface area contributed by atoms with Crippen molar-refractivity contribution in [1.82, 2.24) is 4.72 Å². The van der Waals surface area contributed by atoms with Crippen molar-refractivity contribution in [3.8, 4) is 0 Å². The van der Waals surface area contributed by atoms with E-state index in [4.69, 9.17) is 16.7 Å². The summed E-state index contributed by atoms with van der Waals surface area (Å²) in [6, 6.07) is 1.50. The van der Waals surface area contributed by atoms with E-state index in [1.807, 2.05) is 4.72 Å². The zero-order chi connectivity index (χ0) is 16.2. The first-order chi connectivity index (χ1) is 9.69. The zero-order valence-corrected chi connectivity index (χ0v) is 12.1. The second-order valence-corrected chi connectivity index (χ2v) is 6.02. The molecule has 21 heavy (non-hydrogen) atoms. The molecule has 1 aromatic rings. The van der Waals surface area contributed by atoms with Crippen LogP contribution in [0.4, 0.5) is 5.69 Å². The molecule has 0 bridgehead atoms. The SMILES string of the molecule is C=CCC(NS(=O)(=O)c1ccc(Cl)cc1[N+](=O)[O-])C(=O)O. The molecule has 1 aromatic carbocycles. The normalized spacial score (nSPS) is 12.6. The minimum Gasteiger partial charge on any atom is -0.480 e. The lowest BCUT2D eigenvalue weighted by Gasteiger charge is -2.13. The Hall–Kier alpha value is -1.97. The Labute approximate surface area is 125 Å². The summed E-state index contributed by atoms with van der Waals surface area (Å²) in [5.41, 5.74) is -0.738. The molecule has 0 aliphatic heterocycles. The third-order valence-electron chi connectivity index (χ3n) is 2.41. The summed E-state index contributed by atoms with van der Waals surface area (Å²) in [7, 11) is -4.40. The summed E-state index contributed by atoms with van der Waals surface area (Å²) < 4.78 is 26.1. The van der Waals surface area contributed by atoms with Gasteiger partial charge < -0.3 is 5.11 Å². The molecule has 0 aliphatic rings. The van der Waals surface area contributed by atoms with E-state index >= 15 is 0 Å². The predicted molar refractivity (Wildman–Crippen MR) is 74.7 cm³/mol. The maximum Gasteiger partial charge on any atom is 0.322 e. The predicted octanol–water partition coefficient (Wildman–Crippen LogP) is 1.56. The molecule has 2 N–H and O–H groups in total. The standard InChI is InChI=1S/C11H11ClN2O6S/c1-2-3-8(11(15)16)13-21(19,20)10-5-4-7(12)6-9(10)14(17)18/h2,4-6,8,13H,1,3H2,(H,15,16). The third-order valence-corrected chi connectivity index (χ3v) is 4.16. The summed E-state index contributed by atoms with van der Waals surface area (Å²) >= 11 is 5.59. The Morgan fingerprint density at radius 1 is 1.57 bits per heavy atom. The van der Waals surface area contributed by atoms with Crippen LogP contribution in [0.2, 0.25) is 5.02 Å². The summed E-state index contributed by atoms with van der Waals surface area (Å²) in [6.45, 7) is 3.32. The van der Waals surface area contributed by atoms with Gasteiger partial charge in [-0.2, -0.15) is 4.72 Å². The van der Waals surface area contributed by atoms with Crippen LogP contribution >= 0.6 is 11.6 Å². The summed E-state index contributed by atoms with van der Waals surface area (Å²) in [6.07, 6.45) is 1.05. The van der Waals surface area contributed by atoms with Gasteiger partial charge in [-0.05, 0) is 18.6 Å². The number of halogens is 1. The Kier molecular flexibility index (Phi) is 5.41. The molecule has 0 aromatic heterocycles. The minimum atomic E-state index is -4.40. The highest BCUT2D eigenvalue weighted by Gasteiger charge is 2.30. The van der Waals surface area contributed by atoms with Crippen LogP contribution in [0, 0.1) is 10.1 Å². The average molecular weight is 335 g/mol. The number of nitro benzene ring substituents is 1. The number of hydrogen-bond donors (Lipinski definition) is 2. The van der Waals surface area contributed by atoms with Crippen molar-refractivity contribution in [2.45, 2.75) is 17.4 Å². The Morgan fingerprint density at radius 2 is 2.19 bits per heavy atom. The van der Waals surface area contributed by atoms with Gasteiger partial charge >= 0.3 is 5.97 Å². The maximum atomic E-state index is 12.1. The average Bonchev–Trinajstić information content (AvgIpc) is 2.37. The lowest BCUT2D eigenvalue weighted by Crippen LogP contribution is -2.40. The monoisotopic (exact) mass is 334 g/mol. The van der Waals surface area contributed by atoms with E-state index in [9.17, 15) is 23.3 Å². The summed E-state index contributed by atoms with van der Waals surface area (Å²) in [5, 5.41) is 19.8. The number of nitrogens with zero attached hydrogens (tertiary/aromatic N) is 1. The molecular formula is C11H11ClN2O6S. The number of carboxylic acids is 1. The van der Waals surface area contributed by atoms with Crippen molar-refractivity contribution in [3.63, 3.8) is 0 Å². The quantitative estimate of drug-likeness (QED) is 0.442. The smallest absolute Gasteiger partial charge is 0.322 e. The van der Waals surface area contributed by atoms with Crippen LogP contribution in [0.3, 0.4) is 0 Å². The maximum absolute atomic E-state index is 12.1. The summed E-state index contributed by atoms with van der Waals surface area (Å²) in [4.78, 5) is 20.3. The minimum absolute atomic E-state index is 0.0125. The van der Waals surface area contributed by atoms with Crippen molar-refractivity contribution in [3.05, 3.63) is 46.0 Å². The van der Waals surface area contributed by atoms with Crippen molar-refractivity contribution in [2.24, 2.45) is 0 Å². The number of aliphatic carboxylic acids is 1. The molecule has 0 saturated carbocycles. The third kappa shape index (κ3) is 4.25. The molecule has 0 fully saturated rings. The summed E-state index contributed by atoms with van der Waals surface area (Å²) in [5.74, 6) is -1.42. The van der Waals surface area contributed by atoms with E-state index in [2.05, 4.69) is 6.58 Å². The molecule has 1 unspecified atom stereocenters. The molecule has 0 aliphatic carbocycles. The highest BCUT2D eigenvalue weighted by atomic mass is 35.5. The second-order valence-electron chi connectivity index (χ2n) is 3.91. The van der Waals surface area contributed by atoms with Gasteiger partial charge in [-0.1, -0.05) is 17.7 Å². The lowest BCUT2D eigenvalue weighted by molar-refractivity contribution is -0.387. The molecule has 1 atom stereocenters. The van der Waals surface area contributed by atoms with Crippen molar-refractivity contribution < 1.29 is 23.2 Å². The first-order valence-corrected chi connectivity index (χ1v) is 7.35.